The lowest BCUT2D eigenvalue weighted by Crippen LogP contribution is -2.21. The van der Waals surface area contributed by atoms with Crippen LogP contribution in [-0.4, -0.2) is 43.4 Å². The molecule has 0 amide bonds. The largest absolute Gasteiger partial charge is 0.383 e. The molecule has 0 atom stereocenters. The second-order valence-electron chi connectivity index (χ2n) is 5.19. The SMILES string of the molecule is CCCOCc1nc(C)c(CCCNCCOC)c(C)n1. The summed E-state index contributed by atoms with van der Waals surface area (Å²) >= 11 is 0. The van der Waals surface area contributed by atoms with E-state index in [4.69, 9.17) is 9.47 Å². The van der Waals surface area contributed by atoms with Crippen molar-refractivity contribution in [1.29, 1.82) is 0 Å². The highest BCUT2D eigenvalue weighted by molar-refractivity contribution is 5.24. The summed E-state index contributed by atoms with van der Waals surface area (Å²) in [5, 5.41) is 3.36. The van der Waals surface area contributed by atoms with Gasteiger partial charge in [0.15, 0.2) is 5.82 Å². The van der Waals surface area contributed by atoms with Crippen LogP contribution in [0.5, 0.6) is 0 Å². The van der Waals surface area contributed by atoms with Crippen LogP contribution >= 0.6 is 0 Å². The van der Waals surface area contributed by atoms with Crippen LogP contribution in [-0.2, 0) is 22.5 Å². The van der Waals surface area contributed by atoms with Crippen molar-refractivity contribution in [1.82, 2.24) is 15.3 Å². The molecule has 0 saturated carbocycles. The minimum absolute atomic E-state index is 0.508. The maximum atomic E-state index is 5.51. The molecule has 1 aromatic rings. The topological polar surface area (TPSA) is 56.3 Å². The molecule has 21 heavy (non-hydrogen) atoms. The highest BCUT2D eigenvalue weighted by Crippen LogP contribution is 2.13. The van der Waals surface area contributed by atoms with E-state index in [9.17, 15) is 0 Å². The van der Waals surface area contributed by atoms with Crippen LogP contribution in [0.25, 0.3) is 0 Å². The number of hydrogen-bond acceptors (Lipinski definition) is 5. The van der Waals surface area contributed by atoms with Crippen molar-refractivity contribution < 1.29 is 9.47 Å². The van der Waals surface area contributed by atoms with E-state index in [-0.39, 0.29) is 0 Å². The number of hydrogen-bond donors (Lipinski definition) is 1. The maximum Gasteiger partial charge on any atom is 0.154 e. The second kappa shape index (κ2) is 10.7. The summed E-state index contributed by atoms with van der Waals surface area (Å²) in [5.41, 5.74) is 3.42. The molecule has 0 fully saturated rings. The average molecular weight is 295 g/mol. The Balaban J connectivity index is 2.43. The third-order valence-electron chi connectivity index (χ3n) is 3.31. The summed E-state index contributed by atoms with van der Waals surface area (Å²) in [6.45, 7) is 10.1. The molecular formula is C16H29N3O2. The van der Waals surface area contributed by atoms with Gasteiger partial charge < -0.3 is 14.8 Å². The molecule has 1 N–H and O–H groups in total. The minimum Gasteiger partial charge on any atom is -0.383 e. The Hall–Kier alpha value is -1.04. The minimum atomic E-state index is 0.508. The van der Waals surface area contributed by atoms with E-state index in [0.29, 0.717) is 6.61 Å². The number of aryl methyl sites for hydroxylation is 2. The highest BCUT2D eigenvalue weighted by atomic mass is 16.5. The Morgan fingerprint density at radius 2 is 1.76 bits per heavy atom. The van der Waals surface area contributed by atoms with Crippen molar-refractivity contribution in [3.8, 4) is 0 Å². The fraction of sp³-hybridized carbons (Fsp3) is 0.750. The van der Waals surface area contributed by atoms with Gasteiger partial charge in [-0.05, 0) is 45.2 Å². The molecule has 5 heteroatoms. The van der Waals surface area contributed by atoms with Gasteiger partial charge >= 0.3 is 0 Å². The molecule has 5 nitrogen and oxygen atoms in total. The molecule has 1 aromatic heterocycles. The standard InChI is InChI=1S/C16H29N3O2/c1-5-10-21-12-16-18-13(2)15(14(3)19-16)7-6-8-17-9-11-20-4/h17H,5-12H2,1-4H3. The van der Waals surface area contributed by atoms with Crippen LogP contribution in [0.2, 0.25) is 0 Å². The molecule has 0 aliphatic rings. The average Bonchev–Trinajstić information content (AvgIpc) is 2.45. The number of nitrogens with zero attached hydrogens (tertiary/aromatic N) is 2. The normalized spacial score (nSPS) is 11.0. The molecule has 0 radical (unpaired) electrons. The molecule has 0 saturated heterocycles. The van der Waals surface area contributed by atoms with Gasteiger partial charge in [-0.3, -0.25) is 0 Å². The zero-order chi connectivity index (χ0) is 15.5. The zero-order valence-electron chi connectivity index (χ0n) is 13.9. The number of ether oxygens (including phenoxy) is 2. The molecule has 0 aliphatic heterocycles. The molecule has 0 aromatic carbocycles. The molecule has 0 aliphatic carbocycles. The molecule has 0 spiro atoms. The van der Waals surface area contributed by atoms with Crippen molar-refractivity contribution in [2.75, 3.05) is 33.4 Å². The van der Waals surface area contributed by atoms with E-state index in [2.05, 4.69) is 36.1 Å². The number of aromatic nitrogens is 2. The van der Waals surface area contributed by atoms with Crippen LogP contribution in [0.3, 0.4) is 0 Å². The van der Waals surface area contributed by atoms with Crippen LogP contribution in [0, 0.1) is 13.8 Å². The van der Waals surface area contributed by atoms with E-state index >= 15 is 0 Å². The van der Waals surface area contributed by atoms with Crippen molar-refractivity contribution in [2.45, 2.75) is 46.6 Å². The van der Waals surface area contributed by atoms with Gasteiger partial charge in [0.2, 0.25) is 0 Å². The molecule has 1 rings (SSSR count). The lowest BCUT2D eigenvalue weighted by molar-refractivity contribution is 0.116. The molecule has 120 valence electrons. The van der Waals surface area contributed by atoms with Gasteiger partial charge in [-0.15, -0.1) is 0 Å². The monoisotopic (exact) mass is 295 g/mol. The van der Waals surface area contributed by atoms with E-state index in [1.165, 1.54) is 5.56 Å². The lowest BCUT2D eigenvalue weighted by atomic mass is 10.1. The van der Waals surface area contributed by atoms with Gasteiger partial charge in [0, 0.05) is 31.6 Å². The molecule has 1 heterocycles. The van der Waals surface area contributed by atoms with Gasteiger partial charge in [-0.2, -0.15) is 0 Å². The van der Waals surface area contributed by atoms with Gasteiger partial charge in [0.05, 0.1) is 6.61 Å². The van der Waals surface area contributed by atoms with Gasteiger partial charge in [0.1, 0.15) is 6.61 Å². The Morgan fingerprint density at radius 1 is 1.05 bits per heavy atom. The van der Waals surface area contributed by atoms with E-state index in [1.807, 2.05) is 0 Å². The van der Waals surface area contributed by atoms with E-state index in [1.54, 1.807) is 7.11 Å². The number of nitrogens with one attached hydrogen (secondary N) is 1. The number of rotatable bonds is 11. The zero-order valence-corrected chi connectivity index (χ0v) is 13.9. The first-order valence-corrected chi connectivity index (χ1v) is 7.79. The van der Waals surface area contributed by atoms with Gasteiger partial charge in [-0.1, -0.05) is 6.92 Å². The van der Waals surface area contributed by atoms with Crippen molar-refractivity contribution in [3.05, 3.63) is 22.8 Å². The summed E-state index contributed by atoms with van der Waals surface area (Å²) in [4.78, 5) is 9.12. The predicted octanol–water partition coefficient (Wildman–Crippen LogP) is 2.19. The quantitative estimate of drug-likeness (QED) is 0.634. The first-order valence-electron chi connectivity index (χ1n) is 7.79. The Bertz CT molecular complexity index is 388. The Labute approximate surface area is 128 Å². The first-order chi connectivity index (χ1) is 10.2. The summed E-state index contributed by atoms with van der Waals surface area (Å²) < 4.78 is 10.5. The Kier molecular flexibility index (Phi) is 9.14. The summed E-state index contributed by atoms with van der Waals surface area (Å²) in [5.74, 6) is 0.792. The summed E-state index contributed by atoms with van der Waals surface area (Å²) in [7, 11) is 1.72. The second-order valence-corrected chi connectivity index (χ2v) is 5.19. The van der Waals surface area contributed by atoms with E-state index < -0.39 is 0 Å². The predicted molar refractivity (Wildman–Crippen MR) is 84.5 cm³/mol. The van der Waals surface area contributed by atoms with Crippen LogP contribution in [0.1, 0.15) is 42.5 Å². The molecule has 0 unspecified atom stereocenters. The molecular weight excluding hydrogens is 266 g/mol. The third-order valence-corrected chi connectivity index (χ3v) is 3.31. The van der Waals surface area contributed by atoms with Crippen molar-refractivity contribution in [2.24, 2.45) is 0 Å². The smallest absolute Gasteiger partial charge is 0.154 e. The summed E-state index contributed by atoms with van der Waals surface area (Å²) in [6.07, 6.45) is 3.11. The van der Waals surface area contributed by atoms with Crippen molar-refractivity contribution in [3.63, 3.8) is 0 Å². The van der Waals surface area contributed by atoms with Gasteiger partial charge in [-0.25, -0.2) is 9.97 Å². The van der Waals surface area contributed by atoms with Crippen LogP contribution in [0.4, 0.5) is 0 Å². The lowest BCUT2D eigenvalue weighted by Gasteiger charge is -2.11. The van der Waals surface area contributed by atoms with E-state index in [0.717, 1.165) is 62.8 Å². The Morgan fingerprint density at radius 3 is 2.38 bits per heavy atom. The fourth-order valence-corrected chi connectivity index (χ4v) is 2.23. The fourth-order valence-electron chi connectivity index (χ4n) is 2.23. The molecule has 0 bridgehead atoms. The maximum absolute atomic E-state index is 5.51. The van der Waals surface area contributed by atoms with Crippen molar-refractivity contribution >= 4 is 0 Å². The first kappa shape index (κ1) is 18.0. The highest BCUT2D eigenvalue weighted by Gasteiger charge is 2.08. The van der Waals surface area contributed by atoms with Gasteiger partial charge in [0.25, 0.3) is 0 Å². The third kappa shape index (κ3) is 6.98. The summed E-state index contributed by atoms with van der Waals surface area (Å²) in [6, 6.07) is 0. The van der Waals surface area contributed by atoms with Crippen LogP contribution in [0.15, 0.2) is 0 Å². The number of methoxy groups -OCH3 is 1. The van der Waals surface area contributed by atoms with Crippen LogP contribution < -0.4 is 5.32 Å².